The van der Waals surface area contributed by atoms with Gasteiger partial charge in [-0.3, -0.25) is 0 Å². The van der Waals surface area contributed by atoms with Crippen molar-refractivity contribution in [2.24, 2.45) is 11.8 Å². The van der Waals surface area contributed by atoms with E-state index in [1.807, 2.05) is 39.8 Å². The van der Waals surface area contributed by atoms with Gasteiger partial charge in [-0.1, -0.05) is 6.58 Å². The molecule has 0 spiro atoms. The van der Waals surface area contributed by atoms with E-state index in [9.17, 15) is 4.79 Å². The molecule has 0 aliphatic carbocycles. The number of rotatable bonds is 1. The zero-order valence-electron chi connectivity index (χ0n) is 9.69. The Morgan fingerprint density at radius 2 is 1.33 bits per heavy atom. The Kier molecular flexibility index (Phi) is 18.5. The van der Waals surface area contributed by atoms with Gasteiger partial charge in [0.1, 0.15) is 0 Å². The molecule has 0 saturated carbocycles. The number of carboxylic acids is 1. The van der Waals surface area contributed by atoms with E-state index in [2.05, 4.69) is 6.58 Å². The highest BCUT2D eigenvalue weighted by atomic mass is 16.4. The predicted octanol–water partition coefficient (Wildman–Crippen LogP) is 2.59. The van der Waals surface area contributed by atoms with Crippen LogP contribution >= 0.6 is 0 Å². The van der Waals surface area contributed by atoms with E-state index in [1.54, 1.807) is 0 Å². The molecule has 0 amide bonds. The van der Waals surface area contributed by atoms with E-state index in [1.165, 1.54) is 0 Å². The summed E-state index contributed by atoms with van der Waals surface area (Å²) in [5, 5.41) is 23.4. The summed E-state index contributed by atoms with van der Waals surface area (Å²) in [6.07, 6.45) is 0.833. The highest BCUT2D eigenvalue weighted by Gasteiger charge is 1.79. The van der Waals surface area contributed by atoms with E-state index in [0.29, 0.717) is 0 Å². The fraction of sp³-hybridized carbons (Fsp3) is 0.545. The second-order valence-electron chi connectivity index (χ2n) is 3.11. The van der Waals surface area contributed by atoms with Crippen LogP contribution in [0.4, 0.5) is 0 Å². The smallest absolute Gasteiger partial charge is 0.327 e. The molecule has 0 fully saturated rings. The fourth-order valence-corrected chi connectivity index (χ4v) is 0. The van der Waals surface area contributed by atoms with Crippen molar-refractivity contribution in [3.8, 4) is 12.1 Å². The lowest BCUT2D eigenvalue weighted by molar-refractivity contribution is -0.131. The molecule has 0 radical (unpaired) electrons. The van der Waals surface area contributed by atoms with Crippen LogP contribution in [0.2, 0.25) is 0 Å². The number of nitrogens with zero attached hydrogens (tertiary/aromatic N) is 2. The predicted molar refractivity (Wildman–Crippen MR) is 58.7 cm³/mol. The van der Waals surface area contributed by atoms with Gasteiger partial charge < -0.3 is 5.11 Å². The standard InChI is InChI=1S/2C4H7N.C3H4O2/c2*1-4(2)3-5;1-2-3(4)5/h2*4H,1-2H3;2H,1H2,(H,4,5). The summed E-state index contributed by atoms with van der Waals surface area (Å²) < 4.78 is 0. The molecular weight excluding hydrogens is 192 g/mol. The van der Waals surface area contributed by atoms with Gasteiger partial charge in [0.2, 0.25) is 0 Å². The zero-order chi connectivity index (χ0) is 12.9. The second-order valence-corrected chi connectivity index (χ2v) is 3.11. The number of nitriles is 2. The van der Waals surface area contributed by atoms with E-state index in [0.717, 1.165) is 6.08 Å². The van der Waals surface area contributed by atoms with Crippen LogP contribution in [-0.4, -0.2) is 11.1 Å². The van der Waals surface area contributed by atoms with Crippen LogP contribution in [-0.2, 0) is 4.79 Å². The van der Waals surface area contributed by atoms with Gasteiger partial charge >= 0.3 is 5.97 Å². The molecule has 0 aliphatic heterocycles. The Morgan fingerprint density at radius 3 is 1.33 bits per heavy atom. The summed E-state index contributed by atoms with van der Waals surface area (Å²) in [5.41, 5.74) is 0. The number of aliphatic carboxylic acids is 1. The van der Waals surface area contributed by atoms with Crippen LogP contribution < -0.4 is 0 Å². The van der Waals surface area contributed by atoms with Gasteiger partial charge in [0.05, 0.1) is 12.1 Å². The van der Waals surface area contributed by atoms with Crippen LogP contribution in [0.5, 0.6) is 0 Å². The molecule has 4 heteroatoms. The van der Waals surface area contributed by atoms with Gasteiger partial charge in [-0.2, -0.15) is 10.5 Å². The SMILES string of the molecule is C=CC(=O)O.CC(C)C#N.CC(C)C#N. The van der Waals surface area contributed by atoms with Gasteiger partial charge in [0.25, 0.3) is 0 Å². The third kappa shape index (κ3) is 72.1. The van der Waals surface area contributed by atoms with Crippen molar-refractivity contribution >= 4 is 5.97 Å². The molecule has 0 atom stereocenters. The molecule has 0 aromatic carbocycles. The Labute approximate surface area is 91.5 Å². The number of hydrogen-bond acceptors (Lipinski definition) is 3. The van der Waals surface area contributed by atoms with E-state index in [-0.39, 0.29) is 11.8 Å². The zero-order valence-corrected chi connectivity index (χ0v) is 9.69. The summed E-state index contributed by atoms with van der Waals surface area (Å²) in [5.74, 6) is -0.602. The monoisotopic (exact) mass is 210 g/mol. The van der Waals surface area contributed by atoms with Crippen molar-refractivity contribution in [1.82, 2.24) is 0 Å². The molecule has 15 heavy (non-hydrogen) atoms. The van der Waals surface area contributed by atoms with E-state index in [4.69, 9.17) is 15.6 Å². The lowest BCUT2D eigenvalue weighted by atomic mass is 10.3. The average Bonchev–Trinajstić information content (AvgIpc) is 2.19. The first-order chi connectivity index (χ1) is 6.81. The Bertz CT molecular complexity index is 226. The fourth-order valence-electron chi connectivity index (χ4n) is 0. The van der Waals surface area contributed by atoms with Crippen molar-refractivity contribution in [1.29, 1.82) is 10.5 Å². The molecule has 0 saturated heterocycles. The van der Waals surface area contributed by atoms with Crippen molar-refractivity contribution < 1.29 is 9.90 Å². The van der Waals surface area contributed by atoms with Gasteiger partial charge in [0, 0.05) is 17.9 Å². The molecule has 0 aromatic rings. The van der Waals surface area contributed by atoms with Crippen LogP contribution in [0, 0.1) is 34.5 Å². The average molecular weight is 210 g/mol. The van der Waals surface area contributed by atoms with E-state index >= 15 is 0 Å². The molecule has 1 N–H and O–H groups in total. The largest absolute Gasteiger partial charge is 0.478 e. The van der Waals surface area contributed by atoms with Crippen molar-refractivity contribution in [2.75, 3.05) is 0 Å². The quantitative estimate of drug-likeness (QED) is 0.674. The van der Waals surface area contributed by atoms with Crippen molar-refractivity contribution in [2.45, 2.75) is 27.7 Å². The third-order valence-electron chi connectivity index (χ3n) is 0.691. The van der Waals surface area contributed by atoms with Crippen molar-refractivity contribution in [3.63, 3.8) is 0 Å². The molecule has 0 heterocycles. The number of hydrogen-bond donors (Lipinski definition) is 1. The maximum Gasteiger partial charge on any atom is 0.327 e. The first-order valence-corrected chi connectivity index (χ1v) is 4.46. The summed E-state index contributed by atoms with van der Waals surface area (Å²) in [7, 11) is 0. The molecule has 84 valence electrons. The highest BCUT2D eigenvalue weighted by molar-refractivity contribution is 5.78. The summed E-state index contributed by atoms with van der Waals surface area (Å²) in [4.78, 5) is 9.25. The first-order valence-electron chi connectivity index (χ1n) is 4.46. The third-order valence-corrected chi connectivity index (χ3v) is 0.691. The van der Waals surface area contributed by atoms with Gasteiger partial charge in [-0.05, 0) is 27.7 Å². The summed E-state index contributed by atoms with van der Waals surface area (Å²) >= 11 is 0. The molecule has 4 nitrogen and oxygen atoms in total. The Morgan fingerprint density at radius 1 is 1.20 bits per heavy atom. The summed E-state index contributed by atoms with van der Waals surface area (Å²) in [6, 6.07) is 4.06. The van der Waals surface area contributed by atoms with Gasteiger partial charge in [-0.15, -0.1) is 0 Å². The molecule has 0 unspecified atom stereocenters. The first kappa shape index (κ1) is 18.9. The van der Waals surface area contributed by atoms with Crippen molar-refractivity contribution in [3.05, 3.63) is 12.7 Å². The van der Waals surface area contributed by atoms with Crippen LogP contribution in [0.1, 0.15) is 27.7 Å². The number of carboxylic acid groups (broad SMARTS) is 1. The highest BCUT2D eigenvalue weighted by Crippen LogP contribution is 1.82. The molecule has 0 aliphatic rings. The second kappa shape index (κ2) is 14.7. The minimum Gasteiger partial charge on any atom is -0.478 e. The maximum atomic E-state index is 9.25. The number of carbonyl (C=O) groups is 1. The Hall–Kier alpha value is -1.81. The minimum atomic E-state index is -0.981. The topological polar surface area (TPSA) is 84.9 Å². The molecule has 0 rings (SSSR count). The summed E-state index contributed by atoms with van der Waals surface area (Å²) in [6.45, 7) is 10.4. The normalized spacial score (nSPS) is 7.20. The van der Waals surface area contributed by atoms with Gasteiger partial charge in [-0.25, -0.2) is 4.79 Å². The van der Waals surface area contributed by atoms with Crippen LogP contribution in [0.25, 0.3) is 0 Å². The lowest BCUT2D eigenvalue weighted by Crippen LogP contribution is -1.82. The Balaban J connectivity index is -0.000000144. The minimum absolute atomic E-state index is 0.190. The van der Waals surface area contributed by atoms with Crippen LogP contribution in [0.15, 0.2) is 12.7 Å². The van der Waals surface area contributed by atoms with Gasteiger partial charge in [0.15, 0.2) is 0 Å². The van der Waals surface area contributed by atoms with Crippen LogP contribution in [0.3, 0.4) is 0 Å². The molecular formula is C11H18N2O2. The molecule has 0 bridgehead atoms. The lowest BCUT2D eigenvalue weighted by Gasteiger charge is -1.75. The maximum absolute atomic E-state index is 9.25. The molecule has 0 aromatic heterocycles. The van der Waals surface area contributed by atoms with E-state index < -0.39 is 5.97 Å².